The normalized spacial score (nSPS) is 9.74. The van der Waals surface area contributed by atoms with Crippen molar-refractivity contribution in [2.45, 2.75) is 11.8 Å². The number of para-hydroxylation sites is 1. The van der Waals surface area contributed by atoms with Crippen LogP contribution in [0, 0.1) is 0 Å². The lowest BCUT2D eigenvalue weighted by Crippen LogP contribution is -2.29. The van der Waals surface area contributed by atoms with Crippen LogP contribution < -0.4 is 16.4 Å². The van der Waals surface area contributed by atoms with Crippen molar-refractivity contribution in [1.29, 1.82) is 0 Å². The quantitative estimate of drug-likeness (QED) is 0.426. The molecule has 0 spiro atoms. The molecule has 0 bridgehead atoms. The van der Waals surface area contributed by atoms with Crippen molar-refractivity contribution in [3.63, 3.8) is 0 Å². The molecule has 0 unspecified atom stereocenters. The summed E-state index contributed by atoms with van der Waals surface area (Å²) in [7, 11) is 0. The minimum absolute atomic E-state index is 0.241. The van der Waals surface area contributed by atoms with Gasteiger partial charge in [-0.15, -0.1) is 11.8 Å². The Kier molecular flexibility index (Phi) is 6.38. The zero-order valence-electron chi connectivity index (χ0n) is 10.7. The Morgan fingerprint density at radius 3 is 2.79 bits per heavy atom. The molecule has 0 aromatic heterocycles. The number of rotatable bonds is 6. The molecular weight excluding hydrogens is 278 g/mol. The summed E-state index contributed by atoms with van der Waals surface area (Å²) in [5, 5.41) is 6.66. The zero-order valence-corrected chi connectivity index (χ0v) is 12.4. The smallest absolute Gasteiger partial charge is 0.227 e. The predicted octanol–water partition coefficient (Wildman–Crippen LogP) is 2.13. The van der Waals surface area contributed by atoms with Crippen LogP contribution in [0.4, 0.5) is 5.69 Å². The second-order valence-corrected chi connectivity index (χ2v) is 5.44. The molecule has 0 saturated heterocycles. The fraction of sp³-hybridized carbons (Fsp3) is 0.231. The number of nitrogens with one attached hydrogen (secondary N) is 2. The standard InChI is InChI=1S/C13H17N3OS2/c1-9(2)7-15-13(18)16-10-5-3-4-6-11(10)19-8-12(14)17/h3-6H,1,7-8H2,2H3,(H2,14,17)(H2,15,16,18). The summed E-state index contributed by atoms with van der Waals surface area (Å²) >= 11 is 6.57. The minimum atomic E-state index is -0.345. The van der Waals surface area contributed by atoms with E-state index in [1.54, 1.807) is 0 Å². The number of carbonyl (C=O) groups excluding carboxylic acids is 1. The van der Waals surface area contributed by atoms with Gasteiger partial charge in [-0.05, 0) is 31.3 Å². The number of anilines is 1. The van der Waals surface area contributed by atoms with Crippen LogP contribution in [0.1, 0.15) is 6.92 Å². The van der Waals surface area contributed by atoms with Gasteiger partial charge in [-0.25, -0.2) is 0 Å². The second-order valence-electron chi connectivity index (χ2n) is 4.02. The van der Waals surface area contributed by atoms with Crippen molar-refractivity contribution < 1.29 is 4.79 Å². The van der Waals surface area contributed by atoms with Crippen molar-refractivity contribution in [2.75, 3.05) is 17.6 Å². The van der Waals surface area contributed by atoms with Crippen LogP contribution in [0.5, 0.6) is 0 Å². The van der Waals surface area contributed by atoms with Crippen LogP contribution in [0.25, 0.3) is 0 Å². The molecule has 0 radical (unpaired) electrons. The van der Waals surface area contributed by atoms with Gasteiger partial charge in [0.15, 0.2) is 5.11 Å². The van der Waals surface area contributed by atoms with Crippen LogP contribution in [-0.4, -0.2) is 23.3 Å². The molecule has 19 heavy (non-hydrogen) atoms. The van der Waals surface area contributed by atoms with E-state index in [0.717, 1.165) is 16.2 Å². The summed E-state index contributed by atoms with van der Waals surface area (Å²) < 4.78 is 0. The summed E-state index contributed by atoms with van der Waals surface area (Å²) in [6.07, 6.45) is 0. The number of primary amides is 1. The fourth-order valence-electron chi connectivity index (χ4n) is 1.24. The monoisotopic (exact) mass is 295 g/mol. The fourth-order valence-corrected chi connectivity index (χ4v) is 2.17. The van der Waals surface area contributed by atoms with E-state index in [4.69, 9.17) is 18.0 Å². The third-order valence-corrected chi connectivity index (χ3v) is 3.40. The molecule has 102 valence electrons. The predicted molar refractivity (Wildman–Crippen MR) is 85.4 cm³/mol. The number of carbonyl (C=O) groups is 1. The molecule has 0 fully saturated rings. The van der Waals surface area contributed by atoms with E-state index in [9.17, 15) is 4.79 Å². The second kappa shape index (κ2) is 7.81. The van der Waals surface area contributed by atoms with Crippen molar-refractivity contribution >= 4 is 40.7 Å². The van der Waals surface area contributed by atoms with Crippen LogP contribution >= 0.6 is 24.0 Å². The van der Waals surface area contributed by atoms with Crippen LogP contribution in [0.3, 0.4) is 0 Å². The van der Waals surface area contributed by atoms with Gasteiger partial charge in [0.1, 0.15) is 0 Å². The van der Waals surface area contributed by atoms with Gasteiger partial charge in [-0.2, -0.15) is 0 Å². The molecule has 1 aromatic rings. The van der Waals surface area contributed by atoms with Crippen LogP contribution in [-0.2, 0) is 4.79 Å². The number of hydrogen-bond acceptors (Lipinski definition) is 3. The van der Waals surface area contributed by atoms with E-state index < -0.39 is 0 Å². The first-order valence-corrected chi connectivity index (χ1v) is 7.08. The largest absolute Gasteiger partial charge is 0.369 e. The van der Waals surface area contributed by atoms with E-state index in [1.807, 2.05) is 31.2 Å². The van der Waals surface area contributed by atoms with Crippen molar-refractivity contribution in [1.82, 2.24) is 5.32 Å². The molecule has 4 N–H and O–H groups in total. The topological polar surface area (TPSA) is 67.2 Å². The Bertz CT molecular complexity index is 489. The number of thiocarbonyl (C=S) groups is 1. The van der Waals surface area contributed by atoms with Gasteiger partial charge in [-0.1, -0.05) is 24.3 Å². The third kappa shape index (κ3) is 6.26. The lowest BCUT2D eigenvalue weighted by molar-refractivity contribution is -0.115. The van der Waals surface area contributed by atoms with E-state index in [2.05, 4.69) is 17.2 Å². The van der Waals surface area contributed by atoms with E-state index in [-0.39, 0.29) is 11.7 Å². The molecule has 4 nitrogen and oxygen atoms in total. The first-order chi connectivity index (χ1) is 8.99. The molecule has 1 rings (SSSR count). The number of hydrogen-bond donors (Lipinski definition) is 3. The summed E-state index contributed by atoms with van der Waals surface area (Å²) in [5.74, 6) is -0.104. The number of nitrogens with two attached hydrogens (primary N) is 1. The summed E-state index contributed by atoms with van der Waals surface area (Å²) in [5.41, 5.74) is 7.00. The Hall–Kier alpha value is -1.53. The molecule has 0 aliphatic rings. The number of thioether (sulfide) groups is 1. The molecule has 6 heteroatoms. The molecule has 0 aliphatic carbocycles. The van der Waals surface area contributed by atoms with Gasteiger partial charge in [0.05, 0.1) is 11.4 Å². The van der Waals surface area contributed by atoms with Crippen LogP contribution in [0.15, 0.2) is 41.3 Å². The first kappa shape index (κ1) is 15.5. The molecular formula is C13H17N3OS2. The highest BCUT2D eigenvalue weighted by atomic mass is 32.2. The highest BCUT2D eigenvalue weighted by molar-refractivity contribution is 8.00. The Morgan fingerprint density at radius 1 is 1.47 bits per heavy atom. The highest BCUT2D eigenvalue weighted by Gasteiger charge is 2.05. The van der Waals surface area contributed by atoms with Gasteiger partial charge in [0, 0.05) is 11.4 Å². The van der Waals surface area contributed by atoms with Gasteiger partial charge in [0.25, 0.3) is 0 Å². The van der Waals surface area contributed by atoms with Gasteiger partial charge >= 0.3 is 0 Å². The van der Waals surface area contributed by atoms with Crippen LogP contribution in [0.2, 0.25) is 0 Å². The lowest BCUT2D eigenvalue weighted by Gasteiger charge is -2.13. The summed E-state index contributed by atoms with van der Waals surface area (Å²) in [6, 6.07) is 7.62. The molecule has 0 atom stereocenters. The minimum Gasteiger partial charge on any atom is -0.369 e. The lowest BCUT2D eigenvalue weighted by atomic mass is 10.3. The highest BCUT2D eigenvalue weighted by Crippen LogP contribution is 2.26. The average Bonchev–Trinajstić information content (AvgIpc) is 2.35. The van der Waals surface area contributed by atoms with Crippen molar-refractivity contribution in [3.8, 4) is 0 Å². The zero-order chi connectivity index (χ0) is 14.3. The Morgan fingerprint density at radius 2 is 2.16 bits per heavy atom. The van der Waals surface area contributed by atoms with E-state index >= 15 is 0 Å². The van der Waals surface area contributed by atoms with Gasteiger partial charge < -0.3 is 16.4 Å². The number of benzene rings is 1. The molecule has 1 amide bonds. The summed E-state index contributed by atoms with van der Waals surface area (Å²) in [4.78, 5) is 11.7. The molecule has 1 aromatic carbocycles. The van der Waals surface area contributed by atoms with Gasteiger partial charge in [0.2, 0.25) is 5.91 Å². The third-order valence-electron chi connectivity index (χ3n) is 2.06. The van der Waals surface area contributed by atoms with E-state index in [1.165, 1.54) is 11.8 Å². The molecule has 0 saturated carbocycles. The maximum Gasteiger partial charge on any atom is 0.227 e. The van der Waals surface area contributed by atoms with E-state index in [0.29, 0.717) is 11.7 Å². The summed E-state index contributed by atoms with van der Waals surface area (Å²) in [6.45, 7) is 6.35. The van der Waals surface area contributed by atoms with Crippen molar-refractivity contribution in [2.24, 2.45) is 5.73 Å². The maximum atomic E-state index is 10.8. The molecule has 0 heterocycles. The Balaban J connectivity index is 2.64. The Labute approximate surface area is 122 Å². The number of amides is 1. The maximum absolute atomic E-state index is 10.8. The van der Waals surface area contributed by atoms with Gasteiger partial charge in [-0.3, -0.25) is 4.79 Å². The average molecular weight is 295 g/mol. The van der Waals surface area contributed by atoms with Crippen molar-refractivity contribution in [3.05, 3.63) is 36.4 Å². The molecule has 0 aliphatic heterocycles. The SMILES string of the molecule is C=C(C)CNC(=S)Nc1ccccc1SCC(N)=O. The first-order valence-electron chi connectivity index (χ1n) is 5.68.